The Morgan fingerprint density at radius 1 is 1.47 bits per heavy atom. The van der Waals surface area contributed by atoms with E-state index in [1.807, 2.05) is 0 Å². The molecule has 0 bridgehead atoms. The normalized spacial score (nSPS) is 20.1. The number of hydrogen-bond acceptors (Lipinski definition) is 4. The van der Waals surface area contributed by atoms with Crippen molar-refractivity contribution in [2.24, 2.45) is 13.0 Å². The molecule has 1 aliphatic heterocycles. The van der Waals surface area contributed by atoms with Crippen molar-refractivity contribution in [2.75, 3.05) is 19.6 Å². The third-order valence-corrected chi connectivity index (χ3v) is 5.43. The van der Waals surface area contributed by atoms with Crippen molar-refractivity contribution < 1.29 is 8.42 Å². The molecule has 1 saturated heterocycles. The van der Waals surface area contributed by atoms with Crippen molar-refractivity contribution in [1.29, 1.82) is 0 Å². The summed E-state index contributed by atoms with van der Waals surface area (Å²) in [4.78, 5) is 0.319. The van der Waals surface area contributed by atoms with Gasteiger partial charge >= 0.3 is 0 Å². The lowest BCUT2D eigenvalue weighted by Gasteiger charge is -2.10. The summed E-state index contributed by atoms with van der Waals surface area (Å²) in [7, 11) is -1.69. The number of aromatic nitrogens is 2. The van der Waals surface area contributed by atoms with E-state index in [0.29, 0.717) is 28.7 Å². The second kappa shape index (κ2) is 5.60. The molecule has 1 aromatic heterocycles. The Kier molecular flexibility index (Phi) is 4.27. The third kappa shape index (κ3) is 3.16. The highest BCUT2D eigenvalue weighted by molar-refractivity contribution is 7.89. The predicted octanol–water partition coefficient (Wildman–Crippen LogP) is 0.315. The maximum Gasteiger partial charge on any atom is 0.244 e. The molecule has 2 rings (SSSR count). The Balaban J connectivity index is 2.01. The second-order valence-electron chi connectivity index (χ2n) is 5.17. The van der Waals surface area contributed by atoms with Crippen molar-refractivity contribution in [3.05, 3.63) is 11.4 Å². The summed E-state index contributed by atoms with van der Waals surface area (Å²) >= 11 is 0. The van der Waals surface area contributed by atoms with E-state index in [-0.39, 0.29) is 0 Å². The van der Waals surface area contributed by atoms with E-state index in [2.05, 4.69) is 15.1 Å². The van der Waals surface area contributed by atoms with Crippen LogP contribution in [-0.2, 0) is 17.1 Å². The molecule has 19 heavy (non-hydrogen) atoms. The van der Waals surface area contributed by atoms with Crippen molar-refractivity contribution in [1.82, 2.24) is 19.8 Å². The molecule has 2 N–H and O–H groups in total. The largest absolute Gasteiger partial charge is 0.316 e. The molecule has 1 aromatic rings. The van der Waals surface area contributed by atoms with Crippen LogP contribution in [0.15, 0.2) is 4.90 Å². The highest BCUT2D eigenvalue weighted by atomic mass is 32.2. The highest BCUT2D eigenvalue weighted by Gasteiger charge is 2.24. The van der Waals surface area contributed by atoms with Crippen molar-refractivity contribution in [3.8, 4) is 0 Å². The lowest BCUT2D eigenvalue weighted by atomic mass is 10.1. The zero-order valence-corrected chi connectivity index (χ0v) is 12.5. The molecule has 0 saturated carbocycles. The molecule has 0 radical (unpaired) electrons. The first-order valence-electron chi connectivity index (χ1n) is 6.62. The summed E-state index contributed by atoms with van der Waals surface area (Å²) in [5.74, 6) is 0.582. The fourth-order valence-electron chi connectivity index (χ4n) is 2.57. The number of aryl methyl sites for hydroxylation is 2. The highest BCUT2D eigenvalue weighted by Crippen LogP contribution is 2.18. The standard InChI is InChI=1S/C12H22N4O2S/c1-9-12(10(2)16(3)15-9)19(17,18)14-7-5-11-4-6-13-8-11/h11,13-14H,4-8H2,1-3H3. The first-order chi connectivity index (χ1) is 8.92. The van der Waals surface area contributed by atoms with Gasteiger partial charge in [0.05, 0.1) is 11.4 Å². The number of nitrogens with one attached hydrogen (secondary N) is 2. The van der Waals surface area contributed by atoms with Crippen molar-refractivity contribution in [3.63, 3.8) is 0 Å². The first-order valence-corrected chi connectivity index (χ1v) is 8.10. The van der Waals surface area contributed by atoms with Gasteiger partial charge in [-0.05, 0) is 45.7 Å². The minimum Gasteiger partial charge on any atom is -0.316 e. The summed E-state index contributed by atoms with van der Waals surface area (Å²) in [5.41, 5.74) is 1.22. The molecule has 1 atom stereocenters. The van der Waals surface area contributed by atoms with Gasteiger partial charge in [0.1, 0.15) is 4.90 Å². The number of sulfonamides is 1. The quantitative estimate of drug-likeness (QED) is 0.817. The monoisotopic (exact) mass is 286 g/mol. The number of hydrogen-bond donors (Lipinski definition) is 2. The Hall–Kier alpha value is -0.920. The SMILES string of the molecule is Cc1nn(C)c(C)c1S(=O)(=O)NCCC1CCNC1. The van der Waals surface area contributed by atoms with Crippen LogP contribution >= 0.6 is 0 Å². The Morgan fingerprint density at radius 3 is 2.74 bits per heavy atom. The number of rotatable bonds is 5. The molecule has 108 valence electrons. The molecular weight excluding hydrogens is 264 g/mol. The molecule has 0 amide bonds. The Labute approximate surface area is 114 Å². The van der Waals surface area contributed by atoms with Gasteiger partial charge in [0.25, 0.3) is 0 Å². The van der Waals surface area contributed by atoms with Crippen LogP contribution in [0.4, 0.5) is 0 Å². The van der Waals surface area contributed by atoms with Crippen LogP contribution in [0, 0.1) is 19.8 Å². The van der Waals surface area contributed by atoms with Crippen LogP contribution in [0.5, 0.6) is 0 Å². The fraction of sp³-hybridized carbons (Fsp3) is 0.750. The van der Waals surface area contributed by atoms with Gasteiger partial charge in [-0.2, -0.15) is 5.10 Å². The summed E-state index contributed by atoms with van der Waals surface area (Å²) < 4.78 is 28.9. The van der Waals surface area contributed by atoms with Crippen LogP contribution in [0.2, 0.25) is 0 Å². The maximum absolute atomic E-state index is 12.3. The summed E-state index contributed by atoms with van der Waals surface area (Å²) in [6, 6.07) is 0. The van der Waals surface area contributed by atoms with Gasteiger partial charge < -0.3 is 5.32 Å². The Morgan fingerprint density at radius 2 is 2.21 bits per heavy atom. The minimum absolute atomic E-state index is 0.319. The maximum atomic E-state index is 12.3. The van der Waals surface area contributed by atoms with Crippen LogP contribution in [0.3, 0.4) is 0 Å². The van der Waals surface area contributed by atoms with Gasteiger partial charge in [-0.15, -0.1) is 0 Å². The average Bonchev–Trinajstić information content (AvgIpc) is 2.88. The van der Waals surface area contributed by atoms with Gasteiger partial charge in [0.2, 0.25) is 10.0 Å². The van der Waals surface area contributed by atoms with Crippen LogP contribution < -0.4 is 10.0 Å². The zero-order valence-electron chi connectivity index (χ0n) is 11.7. The molecule has 2 heterocycles. The smallest absolute Gasteiger partial charge is 0.244 e. The summed E-state index contributed by atoms with van der Waals surface area (Å²) in [6.07, 6.45) is 2.01. The molecular formula is C12H22N4O2S. The van der Waals surface area contributed by atoms with E-state index < -0.39 is 10.0 Å². The lowest BCUT2D eigenvalue weighted by Crippen LogP contribution is -2.27. The third-order valence-electron chi connectivity index (χ3n) is 3.72. The predicted molar refractivity (Wildman–Crippen MR) is 73.5 cm³/mol. The molecule has 1 fully saturated rings. The topological polar surface area (TPSA) is 76.0 Å². The van der Waals surface area contributed by atoms with Gasteiger partial charge in [-0.3, -0.25) is 4.68 Å². The molecule has 0 aromatic carbocycles. The van der Waals surface area contributed by atoms with Crippen molar-refractivity contribution in [2.45, 2.75) is 31.6 Å². The van der Waals surface area contributed by atoms with E-state index in [1.54, 1.807) is 25.6 Å². The summed E-state index contributed by atoms with van der Waals surface area (Å²) in [6.45, 7) is 6.02. The fourth-order valence-corrected chi connectivity index (χ4v) is 4.06. The number of nitrogens with zero attached hydrogens (tertiary/aromatic N) is 2. The molecule has 1 aliphatic rings. The van der Waals surface area contributed by atoms with Gasteiger partial charge in [-0.1, -0.05) is 0 Å². The molecule has 6 nitrogen and oxygen atoms in total. The summed E-state index contributed by atoms with van der Waals surface area (Å²) in [5, 5.41) is 7.43. The van der Waals surface area contributed by atoms with Gasteiger partial charge in [-0.25, -0.2) is 13.1 Å². The lowest BCUT2D eigenvalue weighted by molar-refractivity contribution is 0.519. The van der Waals surface area contributed by atoms with E-state index >= 15 is 0 Å². The molecule has 0 aliphatic carbocycles. The van der Waals surface area contributed by atoms with Crippen molar-refractivity contribution >= 4 is 10.0 Å². The van der Waals surface area contributed by atoms with E-state index in [9.17, 15) is 8.42 Å². The first kappa shape index (κ1) is 14.5. The van der Waals surface area contributed by atoms with E-state index in [1.165, 1.54) is 0 Å². The van der Waals surface area contributed by atoms with E-state index in [0.717, 1.165) is 25.9 Å². The molecule has 7 heteroatoms. The van der Waals surface area contributed by atoms with Crippen LogP contribution in [-0.4, -0.2) is 37.8 Å². The van der Waals surface area contributed by atoms with Gasteiger partial charge in [0, 0.05) is 13.6 Å². The average molecular weight is 286 g/mol. The minimum atomic E-state index is -3.45. The van der Waals surface area contributed by atoms with Gasteiger partial charge in [0.15, 0.2) is 0 Å². The second-order valence-corrected chi connectivity index (χ2v) is 6.87. The Bertz CT molecular complexity index is 544. The van der Waals surface area contributed by atoms with Crippen LogP contribution in [0.1, 0.15) is 24.2 Å². The zero-order chi connectivity index (χ0) is 14.0. The molecule has 1 unspecified atom stereocenters. The van der Waals surface area contributed by atoms with E-state index in [4.69, 9.17) is 0 Å². The van der Waals surface area contributed by atoms with Crippen LogP contribution in [0.25, 0.3) is 0 Å². The molecule has 0 spiro atoms.